The minimum atomic E-state index is -4.94. The molecular weight excluding hydrogens is 386 g/mol. The average Bonchev–Trinajstić information content (AvgIpc) is 2.52. The minimum absolute atomic E-state index is 0.122. The van der Waals surface area contributed by atoms with Gasteiger partial charge in [-0.05, 0) is 53.7 Å². The van der Waals surface area contributed by atoms with Crippen molar-refractivity contribution in [2.75, 3.05) is 5.32 Å². The fraction of sp³-hybridized carbons (Fsp3) is 0.400. The Morgan fingerprint density at radius 3 is 1.61 bits per heavy atom. The molecular formula is C20H26ClNO6. The lowest BCUT2D eigenvalue weighted by Crippen LogP contribution is -2.68. The van der Waals surface area contributed by atoms with E-state index in [0.29, 0.717) is 5.56 Å². The maximum atomic E-state index is 12.6. The van der Waals surface area contributed by atoms with Crippen molar-refractivity contribution in [1.29, 1.82) is 0 Å². The Labute approximate surface area is 167 Å². The summed E-state index contributed by atoms with van der Waals surface area (Å²) < 4.78 is 40.0. The van der Waals surface area contributed by atoms with Crippen molar-refractivity contribution in [2.24, 2.45) is 0 Å². The summed E-state index contributed by atoms with van der Waals surface area (Å²) in [6, 6.07) is 13.2. The van der Waals surface area contributed by atoms with Crippen molar-refractivity contribution in [2.45, 2.75) is 52.4 Å². The molecule has 1 aromatic carbocycles. The van der Waals surface area contributed by atoms with Gasteiger partial charge in [0, 0.05) is 5.69 Å². The number of benzene rings is 1. The van der Waals surface area contributed by atoms with E-state index in [1.165, 1.54) is 0 Å². The SMILES string of the molecule is CC(C)(C)c1cc(C(=O)Nc2ccccc2)cc(C(C)(C)C)[o+]1.[O-][Cl+3]([O-])([O-])[O-]. The third-order valence-corrected chi connectivity index (χ3v) is 3.57. The van der Waals surface area contributed by atoms with Gasteiger partial charge in [-0.3, -0.25) is 4.79 Å². The highest BCUT2D eigenvalue weighted by molar-refractivity contribution is 6.04. The van der Waals surface area contributed by atoms with Crippen LogP contribution in [0.3, 0.4) is 0 Å². The number of halogens is 1. The Morgan fingerprint density at radius 1 is 0.857 bits per heavy atom. The smallest absolute Gasteiger partial charge is 0.322 e. The monoisotopic (exact) mass is 411 g/mol. The van der Waals surface area contributed by atoms with Crippen molar-refractivity contribution >= 4 is 11.6 Å². The van der Waals surface area contributed by atoms with E-state index in [-0.39, 0.29) is 16.7 Å². The second kappa shape index (κ2) is 8.98. The van der Waals surface area contributed by atoms with Crippen molar-refractivity contribution in [1.82, 2.24) is 0 Å². The third-order valence-electron chi connectivity index (χ3n) is 3.57. The van der Waals surface area contributed by atoms with Crippen LogP contribution in [0.2, 0.25) is 0 Å². The molecule has 7 nitrogen and oxygen atoms in total. The Morgan fingerprint density at radius 2 is 1.25 bits per heavy atom. The summed E-state index contributed by atoms with van der Waals surface area (Å²) in [6.07, 6.45) is 0. The van der Waals surface area contributed by atoms with Gasteiger partial charge >= 0.3 is 11.5 Å². The van der Waals surface area contributed by atoms with Gasteiger partial charge in [0.25, 0.3) is 5.91 Å². The number of nitrogens with one attached hydrogen (secondary N) is 1. The molecule has 1 aromatic heterocycles. The summed E-state index contributed by atoms with van der Waals surface area (Å²) in [4.78, 5) is 12.6. The van der Waals surface area contributed by atoms with Gasteiger partial charge in [0.05, 0.1) is 28.5 Å². The molecule has 0 radical (unpaired) electrons. The second-order valence-electron chi connectivity index (χ2n) is 8.27. The highest BCUT2D eigenvalue weighted by Gasteiger charge is 2.34. The van der Waals surface area contributed by atoms with Gasteiger partial charge in [0.15, 0.2) is 0 Å². The van der Waals surface area contributed by atoms with E-state index in [0.717, 1.165) is 17.2 Å². The summed E-state index contributed by atoms with van der Waals surface area (Å²) in [7, 11) is -4.94. The maximum absolute atomic E-state index is 12.6. The van der Waals surface area contributed by atoms with Crippen LogP contribution in [-0.2, 0) is 10.8 Å². The molecule has 8 heteroatoms. The van der Waals surface area contributed by atoms with E-state index < -0.39 is 10.2 Å². The van der Waals surface area contributed by atoms with E-state index >= 15 is 0 Å². The molecule has 2 aromatic rings. The van der Waals surface area contributed by atoms with Gasteiger partial charge in [0.2, 0.25) is 0 Å². The largest absolute Gasteiger partial charge is 0.335 e. The van der Waals surface area contributed by atoms with Crippen LogP contribution in [-0.4, -0.2) is 5.91 Å². The summed E-state index contributed by atoms with van der Waals surface area (Å²) in [5.74, 6) is 1.49. The van der Waals surface area contributed by atoms with Crippen LogP contribution in [0, 0.1) is 10.2 Å². The highest BCUT2D eigenvalue weighted by Crippen LogP contribution is 2.30. The Hall–Kier alpha value is -2.03. The number of rotatable bonds is 2. The van der Waals surface area contributed by atoms with Crippen molar-refractivity contribution in [3.63, 3.8) is 0 Å². The molecule has 1 heterocycles. The normalized spacial score (nSPS) is 12.1. The molecule has 0 saturated heterocycles. The van der Waals surface area contributed by atoms with E-state index in [1.807, 2.05) is 42.5 Å². The third kappa shape index (κ3) is 8.77. The fourth-order valence-corrected chi connectivity index (χ4v) is 2.10. The lowest BCUT2D eigenvalue weighted by atomic mass is 9.88. The molecule has 1 N–H and O–H groups in total. The van der Waals surface area contributed by atoms with E-state index in [1.54, 1.807) is 0 Å². The topological polar surface area (TPSA) is 133 Å². The van der Waals surface area contributed by atoms with Gasteiger partial charge in [-0.2, -0.15) is 0 Å². The van der Waals surface area contributed by atoms with Gasteiger partial charge < -0.3 is 5.32 Å². The zero-order chi connectivity index (χ0) is 21.8. The molecule has 0 aliphatic carbocycles. The molecule has 0 aliphatic heterocycles. The van der Waals surface area contributed by atoms with E-state index in [2.05, 4.69) is 46.9 Å². The molecule has 2 rings (SSSR count). The first-order chi connectivity index (χ1) is 12.6. The summed E-state index contributed by atoms with van der Waals surface area (Å²) in [6.45, 7) is 12.5. The predicted octanol–water partition coefficient (Wildman–Crippen LogP) is 0.652. The lowest BCUT2D eigenvalue weighted by molar-refractivity contribution is -2.00. The Kier molecular flexibility index (Phi) is 7.70. The average molecular weight is 412 g/mol. The van der Waals surface area contributed by atoms with E-state index in [4.69, 9.17) is 23.1 Å². The first-order valence-corrected chi connectivity index (χ1v) is 9.78. The van der Waals surface area contributed by atoms with Gasteiger partial charge in [0.1, 0.15) is 0 Å². The molecule has 28 heavy (non-hydrogen) atoms. The van der Waals surface area contributed by atoms with Crippen LogP contribution in [0.25, 0.3) is 0 Å². The molecule has 0 saturated carbocycles. The molecule has 0 spiro atoms. The van der Waals surface area contributed by atoms with Gasteiger partial charge in [-0.1, -0.05) is 18.2 Å². The molecule has 0 bridgehead atoms. The zero-order valence-electron chi connectivity index (χ0n) is 16.9. The van der Waals surface area contributed by atoms with Crippen molar-refractivity contribution in [3.05, 3.63) is 59.5 Å². The second-order valence-corrected chi connectivity index (χ2v) is 9.03. The van der Waals surface area contributed by atoms with Crippen molar-refractivity contribution < 1.29 is 38.1 Å². The number of carbonyl (C=O) groups excluding carboxylic acids is 1. The number of amides is 1. The number of para-hydroxylation sites is 1. The highest BCUT2D eigenvalue weighted by atomic mass is 35.7. The van der Waals surface area contributed by atoms with Gasteiger partial charge in [-0.15, -0.1) is 10.2 Å². The van der Waals surface area contributed by atoms with Crippen LogP contribution in [0.1, 0.15) is 63.4 Å². The minimum Gasteiger partial charge on any atom is -0.322 e. The fourth-order valence-electron chi connectivity index (χ4n) is 2.10. The van der Waals surface area contributed by atoms with Crippen LogP contribution in [0.4, 0.5) is 5.69 Å². The quantitative estimate of drug-likeness (QED) is 0.721. The first kappa shape index (κ1) is 24.0. The first-order valence-electron chi connectivity index (χ1n) is 8.54. The van der Waals surface area contributed by atoms with Gasteiger partial charge in [-0.25, -0.2) is 23.1 Å². The van der Waals surface area contributed by atoms with Crippen LogP contribution in [0.5, 0.6) is 0 Å². The maximum Gasteiger partial charge on any atom is 0.335 e. The zero-order valence-corrected chi connectivity index (χ0v) is 17.6. The van der Waals surface area contributed by atoms with E-state index in [9.17, 15) is 4.79 Å². The molecule has 154 valence electrons. The summed E-state index contributed by atoms with van der Waals surface area (Å²) >= 11 is 0. The molecule has 0 fully saturated rings. The molecule has 0 atom stereocenters. The number of carbonyl (C=O) groups is 1. The lowest BCUT2D eigenvalue weighted by Gasteiger charge is -2.17. The molecule has 0 aliphatic rings. The number of hydrogen-bond acceptors (Lipinski definition) is 5. The number of hydrogen-bond donors (Lipinski definition) is 1. The van der Waals surface area contributed by atoms with Crippen molar-refractivity contribution in [3.8, 4) is 0 Å². The molecule has 0 unspecified atom stereocenters. The number of anilines is 1. The Bertz CT molecular complexity index is 751. The van der Waals surface area contributed by atoms with Crippen LogP contribution < -0.4 is 24.0 Å². The predicted molar refractivity (Wildman–Crippen MR) is 94.9 cm³/mol. The van der Waals surface area contributed by atoms with Crippen LogP contribution >= 0.6 is 0 Å². The van der Waals surface area contributed by atoms with Crippen LogP contribution in [0.15, 0.2) is 46.9 Å². The molecule has 1 amide bonds. The Balaban J connectivity index is 0.000000696. The summed E-state index contributed by atoms with van der Waals surface area (Å²) in [5.41, 5.74) is 1.08. The summed E-state index contributed by atoms with van der Waals surface area (Å²) in [5, 5.41) is 2.93. The standard InChI is InChI=1S/C20H25NO2.ClHO4/c1-19(2,3)16-12-14(13-17(23-16)20(4,5)6)18(22)21-15-10-8-7-9-11-15;2-1(3,4)5/h7-13H,1-6H3;(H,2,3,4,5).